The number of ether oxygens (including phenoxy) is 1. The third-order valence-corrected chi connectivity index (χ3v) is 2.94. The highest BCUT2D eigenvalue weighted by atomic mass is 35.5. The summed E-state index contributed by atoms with van der Waals surface area (Å²) in [6.07, 6.45) is 1.80. The third kappa shape index (κ3) is 2.14. The van der Waals surface area contributed by atoms with E-state index in [2.05, 4.69) is 0 Å². The molecule has 0 saturated carbocycles. The van der Waals surface area contributed by atoms with Gasteiger partial charge in [-0.05, 0) is 12.3 Å². The highest BCUT2D eigenvalue weighted by Gasteiger charge is 2.29. The highest BCUT2D eigenvalue weighted by Crippen LogP contribution is 2.29. The summed E-state index contributed by atoms with van der Waals surface area (Å²) in [7, 11) is 0. The number of carbonyl (C=O) groups excluding carboxylic acids is 1. The average molecular weight is 193 g/mol. The van der Waals surface area contributed by atoms with Gasteiger partial charge in [-0.3, -0.25) is 4.79 Å². The van der Waals surface area contributed by atoms with Crippen LogP contribution in [0.2, 0.25) is 0 Å². The molecule has 11 heavy (non-hydrogen) atoms. The summed E-state index contributed by atoms with van der Waals surface area (Å²) >= 11 is 7.21. The van der Waals surface area contributed by atoms with Crippen LogP contribution in [-0.2, 0) is 9.53 Å². The van der Waals surface area contributed by atoms with Crippen molar-refractivity contribution >= 4 is 29.3 Å². The number of halogens is 1. The van der Waals surface area contributed by atoms with Gasteiger partial charge in [-0.2, -0.15) is 0 Å². The molecule has 0 radical (unpaired) electrons. The Labute approximate surface area is 74.9 Å². The zero-order chi connectivity index (χ0) is 8.27. The van der Waals surface area contributed by atoms with E-state index in [9.17, 15) is 4.79 Å². The van der Waals surface area contributed by atoms with Gasteiger partial charge in [-0.1, -0.05) is 6.08 Å². The molecular formula is C7H9ClO2S. The number of esters is 1. The van der Waals surface area contributed by atoms with Crippen LogP contribution in [0.4, 0.5) is 0 Å². The van der Waals surface area contributed by atoms with E-state index in [1.54, 1.807) is 13.0 Å². The van der Waals surface area contributed by atoms with Crippen LogP contribution in [0.25, 0.3) is 0 Å². The number of allylic oxidation sites excluding steroid dienone is 1. The summed E-state index contributed by atoms with van der Waals surface area (Å²) in [5, 5.41) is 1.38. The van der Waals surface area contributed by atoms with Crippen LogP contribution in [-0.4, -0.2) is 23.2 Å². The first-order chi connectivity index (χ1) is 5.25. The number of hydrogen-bond acceptors (Lipinski definition) is 3. The maximum Gasteiger partial charge on any atom is 0.321 e. The van der Waals surface area contributed by atoms with Gasteiger partial charge in [-0.15, -0.1) is 23.4 Å². The topological polar surface area (TPSA) is 26.3 Å². The third-order valence-electron chi connectivity index (χ3n) is 1.30. The number of hydrogen-bond donors (Lipinski definition) is 0. The molecule has 1 aliphatic rings. The van der Waals surface area contributed by atoms with Crippen molar-refractivity contribution in [2.45, 2.75) is 17.6 Å². The lowest BCUT2D eigenvalue weighted by atomic mass is 10.3. The van der Waals surface area contributed by atoms with Crippen LogP contribution < -0.4 is 0 Å². The second-order valence-electron chi connectivity index (χ2n) is 2.08. The normalized spacial score (nSPS) is 28.9. The summed E-state index contributed by atoms with van der Waals surface area (Å²) in [4.78, 5) is 11.1. The van der Waals surface area contributed by atoms with E-state index >= 15 is 0 Å². The molecule has 0 aromatic heterocycles. The molecule has 0 amide bonds. The van der Waals surface area contributed by atoms with Crippen molar-refractivity contribution in [3.63, 3.8) is 0 Å². The molecule has 1 heterocycles. The Balaban J connectivity index is 2.42. The Hall–Kier alpha value is -0.150. The van der Waals surface area contributed by atoms with E-state index in [0.29, 0.717) is 6.61 Å². The molecule has 0 aliphatic carbocycles. The molecular weight excluding hydrogens is 184 g/mol. The summed E-state index contributed by atoms with van der Waals surface area (Å²) in [5.41, 5.74) is 0. The minimum atomic E-state index is -0.239. The van der Waals surface area contributed by atoms with Gasteiger partial charge in [0.2, 0.25) is 0 Å². The Morgan fingerprint density at radius 2 is 2.55 bits per heavy atom. The number of rotatable bonds is 2. The van der Waals surface area contributed by atoms with Crippen LogP contribution in [0, 0.1) is 0 Å². The summed E-state index contributed by atoms with van der Waals surface area (Å²) in [5.74, 6) is -0.220. The fraction of sp³-hybridized carbons (Fsp3) is 0.571. The van der Waals surface area contributed by atoms with Gasteiger partial charge < -0.3 is 4.74 Å². The summed E-state index contributed by atoms with van der Waals surface area (Å²) in [6.45, 7) is 2.20. The second-order valence-corrected chi connectivity index (χ2v) is 3.64. The molecule has 1 unspecified atom stereocenters. The van der Waals surface area contributed by atoms with Crippen LogP contribution in [0.1, 0.15) is 6.92 Å². The molecule has 0 saturated heterocycles. The predicted octanol–water partition coefficient (Wildman–Crippen LogP) is 1.79. The zero-order valence-electron chi connectivity index (χ0n) is 6.12. The lowest BCUT2D eigenvalue weighted by Gasteiger charge is -2.10. The molecule has 2 nitrogen and oxygen atoms in total. The monoisotopic (exact) mass is 192 g/mol. The SMILES string of the molecule is CCOC(=O)[C@@H]1SC=CC1Cl. The van der Waals surface area contributed by atoms with Crippen molar-refractivity contribution in [1.29, 1.82) is 0 Å². The molecule has 0 fully saturated rings. The molecule has 62 valence electrons. The molecule has 0 N–H and O–H groups in total. The second kappa shape index (κ2) is 4.02. The van der Waals surface area contributed by atoms with Crippen LogP contribution in [0.5, 0.6) is 0 Å². The van der Waals surface area contributed by atoms with E-state index in [1.165, 1.54) is 11.8 Å². The van der Waals surface area contributed by atoms with Crippen LogP contribution >= 0.6 is 23.4 Å². The maximum absolute atomic E-state index is 11.1. The summed E-state index contributed by atoms with van der Waals surface area (Å²) < 4.78 is 4.81. The Kier molecular flexibility index (Phi) is 3.27. The fourth-order valence-electron chi connectivity index (χ4n) is 0.791. The number of carbonyl (C=O) groups is 1. The zero-order valence-corrected chi connectivity index (χ0v) is 7.69. The first-order valence-electron chi connectivity index (χ1n) is 3.38. The standard InChI is InChI=1S/C7H9ClO2S/c1-2-10-7(9)6-5(8)3-4-11-6/h3-6H,2H2,1H3/t5?,6-/m1/s1. The van der Waals surface area contributed by atoms with Gasteiger partial charge >= 0.3 is 5.97 Å². The minimum Gasteiger partial charge on any atom is -0.465 e. The Morgan fingerprint density at radius 3 is 3.00 bits per heavy atom. The van der Waals surface area contributed by atoms with Gasteiger partial charge in [0.1, 0.15) is 5.25 Å². The number of thioether (sulfide) groups is 1. The van der Waals surface area contributed by atoms with Crippen LogP contribution in [0.15, 0.2) is 11.5 Å². The average Bonchev–Trinajstić information content (AvgIpc) is 2.36. The van der Waals surface area contributed by atoms with E-state index in [4.69, 9.17) is 16.3 Å². The van der Waals surface area contributed by atoms with Crippen molar-refractivity contribution in [2.75, 3.05) is 6.61 Å². The smallest absolute Gasteiger partial charge is 0.321 e. The molecule has 0 aromatic rings. The molecule has 1 aliphatic heterocycles. The van der Waals surface area contributed by atoms with E-state index in [0.717, 1.165) is 0 Å². The van der Waals surface area contributed by atoms with Gasteiger partial charge in [0.15, 0.2) is 0 Å². The highest BCUT2D eigenvalue weighted by molar-refractivity contribution is 8.03. The van der Waals surface area contributed by atoms with Gasteiger partial charge in [-0.25, -0.2) is 0 Å². The molecule has 2 atom stereocenters. The quantitative estimate of drug-likeness (QED) is 0.493. The van der Waals surface area contributed by atoms with Crippen molar-refractivity contribution in [1.82, 2.24) is 0 Å². The molecule has 1 rings (SSSR count). The van der Waals surface area contributed by atoms with E-state index in [-0.39, 0.29) is 16.6 Å². The van der Waals surface area contributed by atoms with Gasteiger partial charge in [0.05, 0.1) is 12.0 Å². The van der Waals surface area contributed by atoms with Gasteiger partial charge in [0, 0.05) is 0 Å². The van der Waals surface area contributed by atoms with E-state index in [1.807, 2.05) is 5.41 Å². The van der Waals surface area contributed by atoms with Crippen molar-refractivity contribution in [2.24, 2.45) is 0 Å². The molecule has 4 heteroatoms. The van der Waals surface area contributed by atoms with Crippen molar-refractivity contribution < 1.29 is 9.53 Å². The predicted molar refractivity (Wildman–Crippen MR) is 46.8 cm³/mol. The molecule has 0 bridgehead atoms. The lowest BCUT2D eigenvalue weighted by Crippen LogP contribution is -2.25. The largest absolute Gasteiger partial charge is 0.465 e. The Morgan fingerprint density at radius 1 is 1.82 bits per heavy atom. The van der Waals surface area contributed by atoms with E-state index < -0.39 is 0 Å². The first-order valence-corrected chi connectivity index (χ1v) is 4.76. The number of alkyl halides is 1. The van der Waals surface area contributed by atoms with Gasteiger partial charge in [0.25, 0.3) is 0 Å². The first kappa shape index (κ1) is 8.94. The summed E-state index contributed by atoms with van der Waals surface area (Å²) in [6, 6.07) is 0. The fourth-order valence-corrected chi connectivity index (χ4v) is 2.08. The lowest BCUT2D eigenvalue weighted by molar-refractivity contribution is -0.142. The molecule has 0 spiro atoms. The Bertz CT molecular complexity index is 181. The van der Waals surface area contributed by atoms with Crippen LogP contribution in [0.3, 0.4) is 0 Å². The van der Waals surface area contributed by atoms with Crippen molar-refractivity contribution in [3.8, 4) is 0 Å². The van der Waals surface area contributed by atoms with Crippen molar-refractivity contribution in [3.05, 3.63) is 11.5 Å². The minimum absolute atomic E-state index is 0.209. The maximum atomic E-state index is 11.1. The molecule has 0 aromatic carbocycles.